The molecule has 2 rings (SSSR count). The van der Waals surface area contributed by atoms with Crippen molar-refractivity contribution in [1.82, 2.24) is 0 Å². The molecule has 0 atom stereocenters. The van der Waals surface area contributed by atoms with Gasteiger partial charge in [-0.15, -0.1) is 0 Å². The summed E-state index contributed by atoms with van der Waals surface area (Å²) in [5.41, 5.74) is 0.303. The van der Waals surface area contributed by atoms with Gasteiger partial charge in [0.05, 0.1) is 12.2 Å². The first-order valence-electron chi connectivity index (χ1n) is 7.11. The Morgan fingerprint density at radius 1 is 1.15 bits per heavy atom. The van der Waals surface area contributed by atoms with Crippen LogP contribution in [0, 0.1) is 0 Å². The van der Waals surface area contributed by atoms with E-state index in [0.29, 0.717) is 12.2 Å². The average molecular weight is 272 g/mol. The van der Waals surface area contributed by atoms with Crippen LogP contribution in [0.15, 0.2) is 36.4 Å². The SMILES string of the molecule is CCCCCCOc1cccc2cc(C(=O)O)ccc12. The number of rotatable bonds is 7. The van der Waals surface area contributed by atoms with E-state index in [0.717, 1.165) is 22.9 Å². The van der Waals surface area contributed by atoms with Gasteiger partial charge in [0, 0.05) is 5.39 Å². The standard InChI is InChI=1S/C17H20O3/c1-2-3-4-5-11-20-16-8-6-7-13-12-14(17(18)19)9-10-15(13)16/h6-10,12H,2-5,11H2,1H3,(H,18,19). The second-order valence-corrected chi connectivity index (χ2v) is 4.91. The van der Waals surface area contributed by atoms with Gasteiger partial charge >= 0.3 is 5.97 Å². The topological polar surface area (TPSA) is 46.5 Å². The molecule has 106 valence electrons. The molecule has 3 nitrogen and oxygen atoms in total. The van der Waals surface area contributed by atoms with Crippen LogP contribution in [-0.4, -0.2) is 17.7 Å². The zero-order chi connectivity index (χ0) is 14.4. The Labute approximate surface area is 119 Å². The van der Waals surface area contributed by atoms with Gasteiger partial charge in [-0.25, -0.2) is 4.79 Å². The van der Waals surface area contributed by atoms with Crippen LogP contribution in [0.2, 0.25) is 0 Å². The number of fused-ring (bicyclic) bond motifs is 1. The van der Waals surface area contributed by atoms with Crippen molar-refractivity contribution in [3.63, 3.8) is 0 Å². The Balaban J connectivity index is 2.11. The van der Waals surface area contributed by atoms with Crippen molar-refractivity contribution in [3.8, 4) is 5.75 Å². The van der Waals surface area contributed by atoms with E-state index in [1.165, 1.54) is 19.3 Å². The first-order chi connectivity index (χ1) is 9.72. The predicted molar refractivity (Wildman–Crippen MR) is 80.5 cm³/mol. The van der Waals surface area contributed by atoms with E-state index in [2.05, 4.69) is 6.92 Å². The number of carbonyl (C=O) groups is 1. The molecule has 0 heterocycles. The second-order valence-electron chi connectivity index (χ2n) is 4.91. The molecule has 0 amide bonds. The molecule has 0 spiro atoms. The van der Waals surface area contributed by atoms with Crippen LogP contribution < -0.4 is 4.74 Å². The summed E-state index contributed by atoms with van der Waals surface area (Å²) >= 11 is 0. The molecule has 0 saturated heterocycles. The van der Waals surface area contributed by atoms with Crippen molar-refractivity contribution >= 4 is 16.7 Å². The molecule has 0 radical (unpaired) electrons. The molecule has 0 unspecified atom stereocenters. The van der Waals surface area contributed by atoms with Gasteiger partial charge in [-0.2, -0.15) is 0 Å². The maximum atomic E-state index is 11.0. The van der Waals surface area contributed by atoms with Gasteiger partial charge in [-0.3, -0.25) is 0 Å². The summed E-state index contributed by atoms with van der Waals surface area (Å²) in [6.45, 7) is 2.89. The van der Waals surface area contributed by atoms with E-state index in [1.54, 1.807) is 12.1 Å². The number of carboxylic acid groups (broad SMARTS) is 1. The smallest absolute Gasteiger partial charge is 0.335 e. The zero-order valence-corrected chi connectivity index (χ0v) is 11.8. The van der Waals surface area contributed by atoms with Crippen LogP contribution in [-0.2, 0) is 0 Å². The lowest BCUT2D eigenvalue weighted by Crippen LogP contribution is -1.99. The number of hydrogen-bond acceptors (Lipinski definition) is 2. The highest BCUT2D eigenvalue weighted by Crippen LogP contribution is 2.26. The predicted octanol–water partition coefficient (Wildman–Crippen LogP) is 4.50. The fourth-order valence-corrected chi connectivity index (χ4v) is 2.22. The van der Waals surface area contributed by atoms with Crippen LogP contribution in [0.1, 0.15) is 43.0 Å². The number of carboxylic acids is 1. The van der Waals surface area contributed by atoms with Gasteiger partial charge in [0.25, 0.3) is 0 Å². The lowest BCUT2D eigenvalue weighted by atomic mass is 10.1. The Kier molecular flexibility index (Phi) is 4.99. The number of aromatic carboxylic acids is 1. The molecule has 2 aromatic rings. The van der Waals surface area contributed by atoms with Crippen LogP contribution in [0.5, 0.6) is 5.75 Å². The molecule has 0 fully saturated rings. The Hall–Kier alpha value is -2.03. The minimum Gasteiger partial charge on any atom is -0.493 e. The second kappa shape index (κ2) is 6.94. The van der Waals surface area contributed by atoms with Crippen molar-refractivity contribution in [2.45, 2.75) is 32.6 Å². The summed E-state index contributed by atoms with van der Waals surface area (Å²) in [4.78, 5) is 11.0. The summed E-state index contributed by atoms with van der Waals surface area (Å²) in [6, 6.07) is 10.9. The highest BCUT2D eigenvalue weighted by molar-refractivity contribution is 5.96. The summed E-state index contributed by atoms with van der Waals surface area (Å²) in [5, 5.41) is 10.9. The number of hydrogen-bond donors (Lipinski definition) is 1. The number of unbranched alkanes of at least 4 members (excludes halogenated alkanes) is 3. The van der Waals surface area contributed by atoms with Crippen LogP contribution in [0.4, 0.5) is 0 Å². The van der Waals surface area contributed by atoms with Gasteiger partial charge in [0.1, 0.15) is 5.75 Å². The molecular formula is C17H20O3. The lowest BCUT2D eigenvalue weighted by Gasteiger charge is -2.09. The van der Waals surface area contributed by atoms with Crippen molar-refractivity contribution in [2.24, 2.45) is 0 Å². The molecule has 0 saturated carbocycles. The summed E-state index contributed by atoms with van der Waals surface area (Å²) in [5.74, 6) is -0.0753. The zero-order valence-electron chi connectivity index (χ0n) is 11.8. The first kappa shape index (κ1) is 14.4. The van der Waals surface area contributed by atoms with Crippen LogP contribution in [0.3, 0.4) is 0 Å². The maximum Gasteiger partial charge on any atom is 0.335 e. The quantitative estimate of drug-likeness (QED) is 0.755. The summed E-state index contributed by atoms with van der Waals surface area (Å²) in [6.07, 6.45) is 4.69. The molecule has 1 N–H and O–H groups in total. The molecular weight excluding hydrogens is 252 g/mol. The first-order valence-corrected chi connectivity index (χ1v) is 7.11. The monoisotopic (exact) mass is 272 g/mol. The maximum absolute atomic E-state index is 11.0. The highest BCUT2D eigenvalue weighted by atomic mass is 16.5. The molecule has 0 aliphatic rings. The molecule has 0 aliphatic carbocycles. The third-order valence-corrected chi connectivity index (χ3v) is 3.34. The van der Waals surface area contributed by atoms with Crippen molar-refractivity contribution in [2.75, 3.05) is 6.61 Å². The largest absolute Gasteiger partial charge is 0.493 e. The van der Waals surface area contributed by atoms with Gasteiger partial charge < -0.3 is 9.84 Å². The third-order valence-electron chi connectivity index (χ3n) is 3.34. The van der Waals surface area contributed by atoms with Gasteiger partial charge in [-0.05, 0) is 36.1 Å². The normalized spacial score (nSPS) is 10.7. The van der Waals surface area contributed by atoms with E-state index in [-0.39, 0.29) is 0 Å². The van der Waals surface area contributed by atoms with Gasteiger partial charge in [0.15, 0.2) is 0 Å². The van der Waals surface area contributed by atoms with Gasteiger partial charge in [0.2, 0.25) is 0 Å². The van der Waals surface area contributed by atoms with Crippen molar-refractivity contribution in [1.29, 1.82) is 0 Å². The molecule has 2 aromatic carbocycles. The Morgan fingerprint density at radius 2 is 2.00 bits per heavy atom. The molecule has 20 heavy (non-hydrogen) atoms. The molecule has 0 aliphatic heterocycles. The van der Waals surface area contributed by atoms with Crippen molar-refractivity contribution < 1.29 is 14.6 Å². The van der Waals surface area contributed by atoms with Crippen LogP contribution in [0.25, 0.3) is 10.8 Å². The van der Waals surface area contributed by atoms with Gasteiger partial charge in [-0.1, -0.05) is 38.3 Å². The minimum atomic E-state index is -0.905. The van der Waals surface area contributed by atoms with Crippen molar-refractivity contribution in [3.05, 3.63) is 42.0 Å². The summed E-state index contributed by atoms with van der Waals surface area (Å²) < 4.78 is 5.82. The average Bonchev–Trinajstić information content (AvgIpc) is 2.46. The Bertz CT molecular complexity index is 590. The Morgan fingerprint density at radius 3 is 2.75 bits per heavy atom. The third kappa shape index (κ3) is 3.50. The molecule has 0 aromatic heterocycles. The number of ether oxygens (including phenoxy) is 1. The van der Waals surface area contributed by atoms with E-state index in [9.17, 15) is 4.79 Å². The highest BCUT2D eigenvalue weighted by Gasteiger charge is 2.06. The minimum absolute atomic E-state index is 0.303. The van der Waals surface area contributed by atoms with E-state index < -0.39 is 5.97 Å². The number of benzene rings is 2. The lowest BCUT2D eigenvalue weighted by molar-refractivity contribution is 0.0697. The summed E-state index contributed by atoms with van der Waals surface area (Å²) in [7, 11) is 0. The van der Waals surface area contributed by atoms with E-state index in [4.69, 9.17) is 9.84 Å². The molecule has 3 heteroatoms. The van der Waals surface area contributed by atoms with E-state index >= 15 is 0 Å². The van der Waals surface area contributed by atoms with Crippen LogP contribution >= 0.6 is 0 Å². The fourth-order valence-electron chi connectivity index (χ4n) is 2.22. The molecule has 0 bridgehead atoms. The van der Waals surface area contributed by atoms with E-state index in [1.807, 2.05) is 24.3 Å². The fraction of sp³-hybridized carbons (Fsp3) is 0.353.